The van der Waals surface area contributed by atoms with Crippen LogP contribution in [0.25, 0.3) is 0 Å². The largest absolute Gasteiger partial charge is 0.392 e. The smallest absolute Gasteiger partial charge is 0.147 e. The van der Waals surface area contributed by atoms with Crippen LogP contribution in [0, 0.1) is 0 Å². The van der Waals surface area contributed by atoms with Gasteiger partial charge in [-0.25, -0.2) is 8.42 Å². The van der Waals surface area contributed by atoms with Crippen LogP contribution < -0.4 is 5.73 Å². The van der Waals surface area contributed by atoms with Crippen molar-refractivity contribution in [1.82, 2.24) is 0 Å². The van der Waals surface area contributed by atoms with E-state index in [1.54, 1.807) is 0 Å². The fourth-order valence-corrected chi connectivity index (χ4v) is 1.17. The normalized spacial score (nSPS) is 13.7. The molecule has 0 aliphatic carbocycles. The van der Waals surface area contributed by atoms with E-state index < -0.39 is 15.9 Å². The maximum absolute atomic E-state index is 10.5. The molecule has 0 fully saturated rings. The number of hydrogen-bond donors (Lipinski definition) is 2. The van der Waals surface area contributed by atoms with Gasteiger partial charge in [-0.1, -0.05) is 0 Å². The molecule has 1 unspecified atom stereocenters. The van der Waals surface area contributed by atoms with Crippen LogP contribution in [0.1, 0.15) is 6.42 Å². The predicted molar refractivity (Wildman–Crippen MR) is 46.6 cm³/mol. The topological polar surface area (TPSA) is 80.4 Å². The summed E-state index contributed by atoms with van der Waals surface area (Å²) >= 11 is 0. The quantitative estimate of drug-likeness (QED) is 0.625. The molecule has 0 aromatic heterocycles. The monoisotopic (exact) mass is 203 g/mol. The first-order valence-electron chi connectivity index (χ1n) is 3.01. The van der Waals surface area contributed by atoms with E-state index in [2.05, 4.69) is 0 Å². The van der Waals surface area contributed by atoms with Crippen LogP contribution in [0.2, 0.25) is 0 Å². The number of aliphatic hydroxyl groups is 1. The van der Waals surface area contributed by atoms with Gasteiger partial charge in [-0.15, -0.1) is 12.4 Å². The Bertz CT molecular complexity index is 180. The van der Waals surface area contributed by atoms with E-state index in [4.69, 9.17) is 10.8 Å². The van der Waals surface area contributed by atoms with Gasteiger partial charge in [0.05, 0.1) is 11.9 Å². The van der Waals surface area contributed by atoms with Crippen molar-refractivity contribution in [3.05, 3.63) is 0 Å². The molecule has 70 valence electrons. The van der Waals surface area contributed by atoms with E-state index in [0.717, 1.165) is 6.26 Å². The number of aliphatic hydroxyl groups excluding tert-OH is 1. The first kappa shape index (κ1) is 13.7. The van der Waals surface area contributed by atoms with Crippen molar-refractivity contribution in [2.24, 2.45) is 5.73 Å². The van der Waals surface area contributed by atoms with Gasteiger partial charge in [-0.3, -0.25) is 0 Å². The van der Waals surface area contributed by atoms with Gasteiger partial charge in [0.15, 0.2) is 0 Å². The van der Waals surface area contributed by atoms with Crippen LogP contribution in [-0.4, -0.2) is 38.2 Å². The summed E-state index contributed by atoms with van der Waals surface area (Å²) < 4.78 is 21.0. The van der Waals surface area contributed by atoms with E-state index in [1.807, 2.05) is 0 Å². The molecule has 0 saturated carbocycles. The highest BCUT2D eigenvalue weighted by atomic mass is 35.5. The lowest BCUT2D eigenvalue weighted by Crippen LogP contribution is -2.22. The van der Waals surface area contributed by atoms with Crippen molar-refractivity contribution in [3.8, 4) is 0 Å². The third kappa shape index (κ3) is 10.2. The third-order valence-corrected chi connectivity index (χ3v) is 2.07. The van der Waals surface area contributed by atoms with Crippen LogP contribution >= 0.6 is 12.4 Å². The van der Waals surface area contributed by atoms with Crippen molar-refractivity contribution in [3.63, 3.8) is 0 Å². The highest BCUT2D eigenvalue weighted by Crippen LogP contribution is 1.93. The van der Waals surface area contributed by atoms with Gasteiger partial charge in [0.1, 0.15) is 9.84 Å². The lowest BCUT2D eigenvalue weighted by atomic mass is 10.3. The van der Waals surface area contributed by atoms with E-state index in [0.29, 0.717) is 0 Å². The van der Waals surface area contributed by atoms with E-state index >= 15 is 0 Å². The summed E-state index contributed by atoms with van der Waals surface area (Å²) in [5.41, 5.74) is 5.06. The number of rotatable bonds is 4. The molecule has 0 spiro atoms. The van der Waals surface area contributed by atoms with Crippen molar-refractivity contribution in [2.45, 2.75) is 12.5 Å². The molecule has 4 nitrogen and oxygen atoms in total. The molecule has 0 bridgehead atoms. The SMILES string of the molecule is CS(=O)(=O)CCC(O)CN.Cl. The van der Waals surface area contributed by atoms with Crippen LogP contribution in [0.3, 0.4) is 0 Å². The highest BCUT2D eigenvalue weighted by Gasteiger charge is 2.06. The molecule has 0 aromatic carbocycles. The van der Waals surface area contributed by atoms with Crippen molar-refractivity contribution >= 4 is 22.2 Å². The van der Waals surface area contributed by atoms with Crippen LogP contribution in [0.5, 0.6) is 0 Å². The number of nitrogens with two attached hydrogens (primary N) is 1. The van der Waals surface area contributed by atoms with Crippen molar-refractivity contribution in [1.29, 1.82) is 0 Å². The molecule has 0 aliphatic rings. The molecule has 0 aliphatic heterocycles. The summed E-state index contributed by atoms with van der Waals surface area (Å²) in [6.07, 6.45) is 0.681. The zero-order valence-electron chi connectivity index (χ0n) is 6.36. The average Bonchev–Trinajstić information content (AvgIpc) is 1.81. The average molecular weight is 204 g/mol. The Hall–Kier alpha value is 0.160. The van der Waals surface area contributed by atoms with Crippen LogP contribution in [0.4, 0.5) is 0 Å². The second kappa shape index (κ2) is 5.77. The van der Waals surface area contributed by atoms with Gasteiger partial charge in [-0.2, -0.15) is 0 Å². The molecule has 0 rings (SSSR count). The summed E-state index contributed by atoms with van der Waals surface area (Å²) in [6, 6.07) is 0. The van der Waals surface area contributed by atoms with Gasteiger partial charge in [0, 0.05) is 12.8 Å². The molecule has 0 aromatic rings. The Morgan fingerprint density at radius 3 is 2.27 bits per heavy atom. The molecule has 0 radical (unpaired) electrons. The summed E-state index contributed by atoms with van der Waals surface area (Å²) in [6.45, 7) is 0.121. The van der Waals surface area contributed by atoms with E-state index in [-0.39, 0.29) is 31.1 Å². The lowest BCUT2D eigenvalue weighted by Gasteiger charge is -2.04. The summed E-state index contributed by atoms with van der Waals surface area (Å²) in [4.78, 5) is 0. The number of hydrogen-bond acceptors (Lipinski definition) is 4. The van der Waals surface area contributed by atoms with Crippen molar-refractivity contribution in [2.75, 3.05) is 18.6 Å². The highest BCUT2D eigenvalue weighted by molar-refractivity contribution is 7.90. The molecule has 0 amide bonds. The summed E-state index contributed by atoms with van der Waals surface area (Å²) in [5.74, 6) is 0.00532. The summed E-state index contributed by atoms with van der Waals surface area (Å²) in [7, 11) is -2.94. The number of sulfone groups is 1. The molecular weight excluding hydrogens is 190 g/mol. The zero-order chi connectivity index (χ0) is 8.20. The van der Waals surface area contributed by atoms with Gasteiger partial charge >= 0.3 is 0 Å². The van der Waals surface area contributed by atoms with Gasteiger partial charge in [0.25, 0.3) is 0 Å². The minimum absolute atomic E-state index is 0. The number of halogens is 1. The van der Waals surface area contributed by atoms with Crippen LogP contribution in [-0.2, 0) is 9.84 Å². The fraction of sp³-hybridized carbons (Fsp3) is 1.00. The first-order chi connectivity index (χ1) is 4.45. The maximum atomic E-state index is 10.5. The lowest BCUT2D eigenvalue weighted by molar-refractivity contribution is 0.179. The minimum atomic E-state index is -2.94. The zero-order valence-corrected chi connectivity index (χ0v) is 7.99. The standard InChI is InChI=1S/C5H13NO3S.ClH/c1-10(8,9)3-2-5(7)4-6;/h5,7H,2-4,6H2,1H3;1H. The summed E-state index contributed by atoms with van der Waals surface area (Å²) in [5, 5.41) is 8.83. The molecule has 1 atom stereocenters. The maximum Gasteiger partial charge on any atom is 0.147 e. The van der Waals surface area contributed by atoms with Gasteiger partial charge in [0.2, 0.25) is 0 Å². The van der Waals surface area contributed by atoms with Crippen LogP contribution in [0.15, 0.2) is 0 Å². The minimum Gasteiger partial charge on any atom is -0.392 e. The van der Waals surface area contributed by atoms with Gasteiger partial charge < -0.3 is 10.8 Å². The predicted octanol–water partition coefficient (Wildman–Crippen LogP) is -0.837. The molecule has 0 heterocycles. The van der Waals surface area contributed by atoms with E-state index in [1.165, 1.54) is 0 Å². The molecule has 6 heteroatoms. The molecule has 11 heavy (non-hydrogen) atoms. The van der Waals surface area contributed by atoms with Gasteiger partial charge in [-0.05, 0) is 6.42 Å². The molecular formula is C5H14ClNO3S. The Morgan fingerprint density at radius 1 is 1.55 bits per heavy atom. The third-order valence-electron chi connectivity index (χ3n) is 1.09. The molecule has 3 N–H and O–H groups in total. The fourth-order valence-electron chi connectivity index (χ4n) is 0.468. The Labute approximate surface area is 73.1 Å². The van der Waals surface area contributed by atoms with Crippen molar-refractivity contribution < 1.29 is 13.5 Å². The molecule has 0 saturated heterocycles. The Kier molecular flexibility index (Phi) is 7.20. The second-order valence-corrected chi connectivity index (χ2v) is 4.57. The Balaban J connectivity index is 0. The second-order valence-electron chi connectivity index (χ2n) is 2.31. The first-order valence-corrected chi connectivity index (χ1v) is 5.07. The van der Waals surface area contributed by atoms with E-state index in [9.17, 15) is 8.42 Å². The Morgan fingerprint density at radius 2 is 2.00 bits per heavy atom.